The van der Waals surface area contributed by atoms with Crippen molar-refractivity contribution in [2.24, 2.45) is 7.05 Å². The summed E-state index contributed by atoms with van der Waals surface area (Å²) in [6, 6.07) is 15.3. The summed E-state index contributed by atoms with van der Waals surface area (Å²) >= 11 is 0. The molecule has 0 radical (unpaired) electrons. The molecule has 0 aliphatic rings. The van der Waals surface area contributed by atoms with E-state index in [0.717, 1.165) is 5.56 Å². The average molecular weight is 316 g/mol. The maximum absolute atomic E-state index is 9.89. The Morgan fingerprint density at radius 3 is 2.71 bits per heavy atom. The number of H-pyrrole nitrogens is 1. The van der Waals surface area contributed by atoms with Crippen LogP contribution in [0.25, 0.3) is 34.4 Å². The molecule has 0 aliphatic carbocycles. The molecule has 0 fully saturated rings. The highest BCUT2D eigenvalue weighted by Crippen LogP contribution is 2.26. The number of benzene rings is 2. The molecule has 0 atom stereocenters. The van der Waals surface area contributed by atoms with Crippen molar-refractivity contribution < 1.29 is 5.11 Å². The van der Waals surface area contributed by atoms with E-state index in [-0.39, 0.29) is 5.75 Å². The highest BCUT2D eigenvalue weighted by Gasteiger charge is 2.08. The Kier molecular flexibility index (Phi) is 3.39. The molecule has 5 heteroatoms. The van der Waals surface area contributed by atoms with E-state index in [1.165, 1.54) is 10.9 Å². The van der Waals surface area contributed by atoms with Gasteiger partial charge >= 0.3 is 0 Å². The first kappa shape index (κ1) is 14.3. The molecule has 5 nitrogen and oxygen atoms in total. The first-order chi connectivity index (χ1) is 11.7. The van der Waals surface area contributed by atoms with Crippen LogP contribution in [0.2, 0.25) is 0 Å². The molecule has 0 amide bonds. The van der Waals surface area contributed by atoms with Crippen LogP contribution in [-0.4, -0.2) is 24.9 Å². The van der Waals surface area contributed by atoms with Crippen molar-refractivity contribution in [3.63, 3.8) is 0 Å². The smallest absolute Gasteiger partial charge is 0.185 e. The molecular weight excluding hydrogens is 300 g/mol. The van der Waals surface area contributed by atoms with Gasteiger partial charge in [-0.2, -0.15) is 5.10 Å². The number of aryl methyl sites for hydroxylation is 1. The van der Waals surface area contributed by atoms with Crippen LogP contribution in [0.4, 0.5) is 0 Å². The predicted molar refractivity (Wildman–Crippen MR) is 95.3 cm³/mol. The van der Waals surface area contributed by atoms with Gasteiger partial charge in [0.05, 0.1) is 5.56 Å². The number of phenolic OH excluding ortho intramolecular Hbond substituents is 1. The highest BCUT2D eigenvalue weighted by molar-refractivity contribution is 5.91. The largest absolute Gasteiger partial charge is 0.507 e. The molecule has 0 spiro atoms. The van der Waals surface area contributed by atoms with Crippen LogP contribution in [0.5, 0.6) is 5.75 Å². The summed E-state index contributed by atoms with van der Waals surface area (Å²) in [5.74, 6) is 1.29. The average Bonchev–Trinajstić information content (AvgIpc) is 3.19. The fraction of sp³-hybridized carbons (Fsp3) is 0.0526. The van der Waals surface area contributed by atoms with Crippen molar-refractivity contribution in [3.05, 3.63) is 66.1 Å². The van der Waals surface area contributed by atoms with Gasteiger partial charge in [0.1, 0.15) is 11.6 Å². The van der Waals surface area contributed by atoms with Gasteiger partial charge in [-0.25, -0.2) is 4.98 Å². The summed E-state index contributed by atoms with van der Waals surface area (Å²) in [7, 11) is 2.03. The van der Waals surface area contributed by atoms with Gasteiger partial charge in [0, 0.05) is 29.7 Å². The zero-order chi connectivity index (χ0) is 16.5. The SMILES string of the molecule is Cn1cc(C=Cc2nc(-c3ccccc3O)n[nH]2)c2ccccc21. The number of aromatic nitrogens is 4. The maximum Gasteiger partial charge on any atom is 0.185 e. The molecule has 0 aliphatic heterocycles. The van der Waals surface area contributed by atoms with E-state index in [1.807, 2.05) is 37.4 Å². The van der Waals surface area contributed by atoms with E-state index in [2.05, 4.69) is 38.1 Å². The molecule has 2 aromatic carbocycles. The predicted octanol–water partition coefficient (Wildman–Crippen LogP) is 3.84. The lowest BCUT2D eigenvalue weighted by Crippen LogP contribution is -1.81. The monoisotopic (exact) mass is 316 g/mol. The van der Waals surface area contributed by atoms with Crippen molar-refractivity contribution in [3.8, 4) is 17.1 Å². The molecule has 0 unspecified atom stereocenters. The van der Waals surface area contributed by atoms with Crippen molar-refractivity contribution in [1.29, 1.82) is 0 Å². The Morgan fingerprint density at radius 2 is 1.83 bits per heavy atom. The number of para-hydroxylation sites is 2. The lowest BCUT2D eigenvalue weighted by molar-refractivity contribution is 0.477. The Hall–Kier alpha value is -3.34. The number of fused-ring (bicyclic) bond motifs is 1. The number of aromatic amines is 1. The Labute approximate surface area is 138 Å². The van der Waals surface area contributed by atoms with E-state index >= 15 is 0 Å². The first-order valence-corrected chi connectivity index (χ1v) is 7.65. The van der Waals surface area contributed by atoms with Crippen LogP contribution in [0, 0.1) is 0 Å². The molecule has 2 aromatic heterocycles. The minimum absolute atomic E-state index is 0.168. The van der Waals surface area contributed by atoms with Crippen molar-refractivity contribution in [2.75, 3.05) is 0 Å². The second-order valence-corrected chi connectivity index (χ2v) is 5.61. The third kappa shape index (κ3) is 2.46. The van der Waals surface area contributed by atoms with Gasteiger partial charge in [-0.05, 0) is 30.4 Å². The number of nitrogens with zero attached hydrogens (tertiary/aromatic N) is 3. The zero-order valence-corrected chi connectivity index (χ0v) is 13.1. The zero-order valence-electron chi connectivity index (χ0n) is 13.1. The standard InChI is InChI=1S/C19H16N4O/c1-23-12-13(14-6-2-4-8-16(14)23)10-11-18-20-19(22-21-18)15-7-3-5-9-17(15)24/h2-12,24H,1H3,(H,20,21,22). The summed E-state index contributed by atoms with van der Waals surface area (Å²) in [5, 5.41) is 18.1. The van der Waals surface area contributed by atoms with E-state index < -0.39 is 0 Å². The second kappa shape index (κ2) is 5.70. The fourth-order valence-corrected chi connectivity index (χ4v) is 2.81. The van der Waals surface area contributed by atoms with Gasteiger partial charge < -0.3 is 9.67 Å². The maximum atomic E-state index is 9.89. The molecule has 2 heterocycles. The quantitative estimate of drug-likeness (QED) is 0.603. The van der Waals surface area contributed by atoms with Crippen LogP contribution in [0.3, 0.4) is 0 Å². The molecule has 0 bridgehead atoms. The summed E-state index contributed by atoms with van der Waals surface area (Å²) in [5.41, 5.74) is 2.91. The number of hydrogen-bond acceptors (Lipinski definition) is 3. The van der Waals surface area contributed by atoms with Crippen LogP contribution < -0.4 is 0 Å². The topological polar surface area (TPSA) is 66.7 Å². The van der Waals surface area contributed by atoms with Gasteiger partial charge in [0.15, 0.2) is 5.82 Å². The normalized spacial score (nSPS) is 11.5. The summed E-state index contributed by atoms with van der Waals surface area (Å²) < 4.78 is 2.10. The van der Waals surface area contributed by atoms with Crippen LogP contribution in [0.1, 0.15) is 11.4 Å². The summed E-state index contributed by atoms with van der Waals surface area (Å²) in [6.45, 7) is 0. The third-order valence-corrected chi connectivity index (χ3v) is 4.00. The second-order valence-electron chi connectivity index (χ2n) is 5.61. The third-order valence-electron chi connectivity index (χ3n) is 4.00. The number of aromatic hydroxyl groups is 1. The lowest BCUT2D eigenvalue weighted by atomic mass is 10.1. The van der Waals surface area contributed by atoms with E-state index in [4.69, 9.17) is 0 Å². The van der Waals surface area contributed by atoms with Crippen molar-refractivity contribution >= 4 is 23.1 Å². The van der Waals surface area contributed by atoms with E-state index in [1.54, 1.807) is 18.2 Å². The van der Waals surface area contributed by atoms with Gasteiger partial charge in [-0.15, -0.1) is 0 Å². The van der Waals surface area contributed by atoms with Crippen LogP contribution in [0.15, 0.2) is 54.7 Å². The highest BCUT2D eigenvalue weighted by atomic mass is 16.3. The molecule has 0 saturated carbocycles. The lowest BCUT2D eigenvalue weighted by Gasteiger charge is -1.97. The minimum atomic E-state index is 0.168. The summed E-state index contributed by atoms with van der Waals surface area (Å²) in [4.78, 5) is 4.42. The molecular formula is C19H16N4O. The molecule has 2 N–H and O–H groups in total. The molecule has 0 saturated heterocycles. The summed E-state index contributed by atoms with van der Waals surface area (Å²) in [6.07, 6.45) is 5.98. The van der Waals surface area contributed by atoms with Crippen LogP contribution >= 0.6 is 0 Å². The number of hydrogen-bond donors (Lipinski definition) is 2. The fourth-order valence-electron chi connectivity index (χ4n) is 2.81. The molecule has 118 valence electrons. The van der Waals surface area contributed by atoms with Crippen molar-refractivity contribution in [2.45, 2.75) is 0 Å². The van der Waals surface area contributed by atoms with Gasteiger partial charge in [-0.3, -0.25) is 5.10 Å². The van der Waals surface area contributed by atoms with E-state index in [9.17, 15) is 5.11 Å². The van der Waals surface area contributed by atoms with Crippen LogP contribution in [-0.2, 0) is 7.05 Å². The Balaban J connectivity index is 1.66. The first-order valence-electron chi connectivity index (χ1n) is 7.65. The minimum Gasteiger partial charge on any atom is -0.507 e. The molecule has 24 heavy (non-hydrogen) atoms. The van der Waals surface area contributed by atoms with E-state index in [0.29, 0.717) is 17.2 Å². The Morgan fingerprint density at radius 1 is 1.04 bits per heavy atom. The number of nitrogens with one attached hydrogen (secondary N) is 1. The molecule has 4 aromatic rings. The van der Waals surface area contributed by atoms with Gasteiger partial charge in [0.25, 0.3) is 0 Å². The number of rotatable bonds is 3. The Bertz CT molecular complexity index is 1040. The van der Waals surface area contributed by atoms with Gasteiger partial charge in [-0.1, -0.05) is 30.3 Å². The van der Waals surface area contributed by atoms with Gasteiger partial charge in [0.2, 0.25) is 0 Å². The van der Waals surface area contributed by atoms with Crippen molar-refractivity contribution in [1.82, 2.24) is 19.7 Å². The number of phenols is 1. The molecule has 4 rings (SSSR count).